The molecule has 1 unspecified atom stereocenters. The number of nitrogens with zero attached hydrogens (tertiary/aromatic N) is 1. The third-order valence-electron chi connectivity index (χ3n) is 8.49. The zero-order chi connectivity index (χ0) is 27.2. The Hall–Kier alpha value is -2.63. The fraction of sp³-hybridized carbons (Fsp3) is 0.517. The number of quaternary nitrogens is 1. The molecule has 3 saturated heterocycles. The summed E-state index contributed by atoms with van der Waals surface area (Å²) in [6.07, 6.45) is 6.20. The molecule has 0 aromatic carbocycles. The number of epoxide rings is 1. The Morgan fingerprint density at radius 3 is 2.25 bits per heavy atom. The summed E-state index contributed by atoms with van der Waals surface area (Å²) in [6.45, 7) is 3.13. The Bertz CT molecular complexity index is 1250. The predicted molar refractivity (Wildman–Crippen MR) is 140 cm³/mol. The smallest absolute Gasteiger partial charge is 0.354 e. The van der Waals surface area contributed by atoms with Gasteiger partial charge >= 0.3 is 11.9 Å². The van der Waals surface area contributed by atoms with E-state index < -0.39 is 11.6 Å². The minimum Gasteiger partial charge on any atom is -1.00 e. The maximum absolute atomic E-state index is 13.4. The molecule has 0 aliphatic carbocycles. The first-order valence-electron chi connectivity index (χ1n) is 13.6. The molecule has 11 heteroatoms. The van der Waals surface area contributed by atoms with E-state index in [2.05, 4.69) is 19.2 Å². The fourth-order valence-electron chi connectivity index (χ4n) is 6.53. The van der Waals surface area contributed by atoms with Crippen LogP contribution in [0.4, 0.5) is 0 Å². The highest BCUT2D eigenvalue weighted by Gasteiger charge is 2.72. The summed E-state index contributed by atoms with van der Waals surface area (Å²) in [7, 11) is 2.28. The molecule has 216 valence electrons. The van der Waals surface area contributed by atoms with Gasteiger partial charge in [-0.05, 0) is 56.2 Å². The second-order valence-electron chi connectivity index (χ2n) is 10.9. The van der Waals surface area contributed by atoms with Crippen LogP contribution in [0.2, 0.25) is 0 Å². The topological polar surface area (TPSA) is 112 Å². The SMILES string of the molecule is CCOC(=O)CCCc1ccc(C[N+]2(C)[C@@H]3C[C@@H](OC(=O)C(O)(c4ccco4)c4ccco4)C[C@H]2[C@@H]2O[C@@H]23)s1.[Cl-]. The lowest BCUT2D eigenvalue weighted by Gasteiger charge is -2.48. The van der Waals surface area contributed by atoms with E-state index in [1.807, 2.05) is 6.92 Å². The molecule has 3 aromatic rings. The summed E-state index contributed by atoms with van der Waals surface area (Å²) in [5.41, 5.74) is -2.15. The van der Waals surface area contributed by atoms with Crippen molar-refractivity contribution in [3.63, 3.8) is 0 Å². The molecule has 40 heavy (non-hydrogen) atoms. The minimum atomic E-state index is -2.15. The van der Waals surface area contributed by atoms with Gasteiger partial charge in [-0.1, -0.05) is 0 Å². The number of rotatable bonds is 11. The maximum Gasteiger partial charge on any atom is 0.354 e. The largest absolute Gasteiger partial charge is 1.00 e. The van der Waals surface area contributed by atoms with E-state index in [0.717, 1.165) is 23.9 Å². The summed E-state index contributed by atoms with van der Waals surface area (Å²) >= 11 is 1.80. The van der Waals surface area contributed by atoms with E-state index >= 15 is 0 Å². The molecule has 6 atom stereocenters. The van der Waals surface area contributed by atoms with Gasteiger partial charge in [0.25, 0.3) is 5.60 Å². The van der Waals surface area contributed by atoms with E-state index in [1.54, 1.807) is 23.5 Å². The molecule has 2 bridgehead atoms. The second-order valence-corrected chi connectivity index (χ2v) is 12.1. The van der Waals surface area contributed by atoms with Crippen LogP contribution in [0.3, 0.4) is 0 Å². The molecule has 3 fully saturated rings. The Morgan fingerprint density at radius 1 is 1.05 bits per heavy atom. The Morgan fingerprint density at radius 2 is 1.68 bits per heavy atom. The average Bonchev–Trinajstić information content (AvgIpc) is 3.36. The summed E-state index contributed by atoms with van der Waals surface area (Å²) in [5.74, 6) is -0.820. The quantitative estimate of drug-likeness (QED) is 0.199. The van der Waals surface area contributed by atoms with Crippen molar-refractivity contribution in [2.45, 2.75) is 81.6 Å². The number of piperidine rings is 1. The average molecular weight is 592 g/mol. The van der Waals surface area contributed by atoms with Crippen LogP contribution < -0.4 is 12.4 Å². The molecule has 0 spiro atoms. The number of aryl methyl sites for hydroxylation is 1. The van der Waals surface area contributed by atoms with Crippen LogP contribution in [-0.2, 0) is 42.4 Å². The first-order valence-corrected chi connectivity index (χ1v) is 14.4. The number of aliphatic hydroxyl groups is 1. The van der Waals surface area contributed by atoms with Gasteiger partial charge in [-0.15, -0.1) is 11.3 Å². The molecule has 0 amide bonds. The predicted octanol–water partition coefficient (Wildman–Crippen LogP) is 0.930. The highest BCUT2D eigenvalue weighted by atomic mass is 35.5. The van der Waals surface area contributed by atoms with E-state index in [4.69, 9.17) is 23.0 Å². The van der Waals surface area contributed by atoms with Crippen molar-refractivity contribution in [1.29, 1.82) is 0 Å². The van der Waals surface area contributed by atoms with Gasteiger partial charge in [-0.25, -0.2) is 4.79 Å². The van der Waals surface area contributed by atoms with Gasteiger partial charge in [0.1, 0.15) is 36.9 Å². The highest BCUT2D eigenvalue weighted by molar-refractivity contribution is 7.11. The lowest BCUT2D eigenvalue weighted by molar-refractivity contribution is -0.968. The van der Waals surface area contributed by atoms with Gasteiger partial charge in [0.15, 0.2) is 11.5 Å². The molecule has 6 rings (SSSR count). The molecular formula is C29H34ClNO8S. The molecule has 6 heterocycles. The standard InChI is InChI=1S/C29H34NO8S.ClH/c1-3-34-25(31)10-4-7-19-11-12-20(39-19)17-30(2)21-15-18(16-22(30)27-26(21)38-27)37-28(32)29(33,23-8-5-13-35-23)24-9-6-14-36-24;/h5-6,8-9,11-14,18,21-22,26-27,33H,3-4,7,10,15-17H2,1-2H3;1H/q+1;/p-1/t18-,21-,22+,26-,27+,30?;. The van der Waals surface area contributed by atoms with E-state index in [9.17, 15) is 14.7 Å². The van der Waals surface area contributed by atoms with Crippen LogP contribution in [0.1, 0.15) is 53.9 Å². The number of fused-ring (bicyclic) bond motifs is 5. The van der Waals surface area contributed by atoms with Crippen molar-refractivity contribution in [2.24, 2.45) is 0 Å². The van der Waals surface area contributed by atoms with Crippen LogP contribution in [0.5, 0.6) is 0 Å². The first-order chi connectivity index (χ1) is 18.8. The molecule has 3 aliphatic rings. The van der Waals surface area contributed by atoms with Crippen molar-refractivity contribution >= 4 is 23.3 Å². The molecule has 0 radical (unpaired) electrons. The number of likely N-dealkylation sites (N-methyl/N-ethyl adjacent to an activating group) is 1. The molecule has 9 nitrogen and oxygen atoms in total. The zero-order valence-electron chi connectivity index (χ0n) is 22.5. The third-order valence-corrected chi connectivity index (χ3v) is 9.62. The Balaban J connectivity index is 0.00000323. The van der Waals surface area contributed by atoms with Crippen molar-refractivity contribution in [3.8, 4) is 0 Å². The summed E-state index contributed by atoms with van der Waals surface area (Å²) in [5, 5.41) is 11.4. The number of halogens is 1. The van der Waals surface area contributed by atoms with E-state index in [1.165, 1.54) is 34.4 Å². The van der Waals surface area contributed by atoms with Crippen molar-refractivity contribution in [2.75, 3.05) is 13.7 Å². The molecular weight excluding hydrogens is 558 g/mol. The summed E-state index contributed by atoms with van der Waals surface area (Å²) in [6, 6.07) is 11.0. The number of hydrogen-bond acceptors (Lipinski definition) is 9. The second kappa shape index (κ2) is 11.3. The van der Waals surface area contributed by atoms with Gasteiger partial charge in [0.05, 0.1) is 31.1 Å². The van der Waals surface area contributed by atoms with Crippen LogP contribution >= 0.6 is 11.3 Å². The number of carbonyl (C=O) groups is 2. The number of thiophene rings is 1. The minimum absolute atomic E-state index is 0. The van der Waals surface area contributed by atoms with Crippen LogP contribution in [-0.4, -0.2) is 65.6 Å². The van der Waals surface area contributed by atoms with E-state index in [-0.39, 0.29) is 60.3 Å². The number of ether oxygens (including phenoxy) is 3. The normalized spacial score (nSPS) is 28.4. The Kier molecular flexibility index (Phi) is 8.18. The molecule has 3 aromatic heterocycles. The van der Waals surface area contributed by atoms with Crippen molar-refractivity contribution in [3.05, 3.63) is 70.2 Å². The van der Waals surface area contributed by atoms with Gasteiger partial charge in [0, 0.05) is 24.1 Å². The van der Waals surface area contributed by atoms with Crippen LogP contribution in [0.15, 0.2) is 57.8 Å². The van der Waals surface area contributed by atoms with Crippen LogP contribution in [0.25, 0.3) is 0 Å². The van der Waals surface area contributed by atoms with E-state index in [0.29, 0.717) is 25.9 Å². The van der Waals surface area contributed by atoms with Gasteiger partial charge < -0.3 is 45.0 Å². The molecule has 1 N–H and O–H groups in total. The van der Waals surface area contributed by atoms with Crippen LogP contribution in [0, 0.1) is 0 Å². The lowest BCUT2D eigenvalue weighted by Crippen LogP contribution is -3.00. The summed E-state index contributed by atoms with van der Waals surface area (Å²) < 4.78 is 28.7. The van der Waals surface area contributed by atoms with Gasteiger partial charge in [-0.3, -0.25) is 4.79 Å². The lowest BCUT2D eigenvalue weighted by atomic mass is 9.94. The number of carbonyl (C=O) groups excluding carboxylic acids is 2. The van der Waals surface area contributed by atoms with Gasteiger partial charge in [0.2, 0.25) is 0 Å². The molecule has 3 aliphatic heterocycles. The number of furan rings is 2. The zero-order valence-corrected chi connectivity index (χ0v) is 24.1. The van der Waals surface area contributed by atoms with Crippen molar-refractivity contribution < 1.29 is 54.6 Å². The third kappa shape index (κ3) is 5.12. The maximum atomic E-state index is 13.4. The number of hydrogen-bond donors (Lipinski definition) is 1. The van der Waals surface area contributed by atoms with Crippen molar-refractivity contribution in [1.82, 2.24) is 0 Å². The number of esters is 2. The Labute approximate surface area is 243 Å². The highest BCUT2D eigenvalue weighted by Crippen LogP contribution is 2.54. The fourth-order valence-corrected chi connectivity index (χ4v) is 7.73. The monoisotopic (exact) mass is 591 g/mol. The first kappa shape index (κ1) is 28.9. The van der Waals surface area contributed by atoms with Gasteiger partial charge in [-0.2, -0.15) is 0 Å². The summed E-state index contributed by atoms with van der Waals surface area (Å²) in [4.78, 5) is 27.6. The molecule has 0 saturated carbocycles. The number of morpholine rings is 1.